The van der Waals surface area contributed by atoms with E-state index in [4.69, 9.17) is 0 Å². The molecule has 0 bridgehead atoms. The molecule has 3 heteroatoms. The van der Waals surface area contributed by atoms with Crippen molar-refractivity contribution >= 4 is 11.6 Å². The molecule has 1 fully saturated rings. The van der Waals surface area contributed by atoms with Crippen LogP contribution in [0.2, 0.25) is 0 Å². The van der Waals surface area contributed by atoms with E-state index in [0.717, 1.165) is 31.6 Å². The molecule has 0 saturated carbocycles. The van der Waals surface area contributed by atoms with Gasteiger partial charge in [0.1, 0.15) is 11.6 Å². The second-order valence-electron chi connectivity index (χ2n) is 5.83. The summed E-state index contributed by atoms with van der Waals surface area (Å²) < 4.78 is 0. The molecule has 0 radical (unpaired) electrons. The number of piperidine rings is 1. The van der Waals surface area contributed by atoms with Gasteiger partial charge in [0.2, 0.25) is 0 Å². The molecule has 1 saturated heterocycles. The van der Waals surface area contributed by atoms with Crippen molar-refractivity contribution in [1.82, 2.24) is 4.90 Å². The molecular formula is C18H33NO2. The van der Waals surface area contributed by atoms with Crippen LogP contribution in [0, 0.1) is 5.92 Å². The van der Waals surface area contributed by atoms with E-state index in [1.54, 1.807) is 13.8 Å². The molecule has 3 nitrogen and oxygen atoms in total. The SMILES string of the molecule is C=C(C[C@@H](CCC(C)=O)CC(C)=O)N1CCCCC1.CC. The summed E-state index contributed by atoms with van der Waals surface area (Å²) in [6.07, 6.45) is 6.60. The predicted octanol–water partition coefficient (Wildman–Crippen LogP) is 4.37. The van der Waals surface area contributed by atoms with Crippen molar-refractivity contribution in [2.45, 2.75) is 72.6 Å². The maximum absolute atomic E-state index is 11.3. The zero-order valence-electron chi connectivity index (χ0n) is 14.4. The minimum absolute atomic E-state index is 0.206. The van der Waals surface area contributed by atoms with Gasteiger partial charge >= 0.3 is 0 Å². The van der Waals surface area contributed by atoms with Gasteiger partial charge in [0.15, 0.2) is 0 Å². The number of carbonyl (C=O) groups excluding carboxylic acids is 2. The van der Waals surface area contributed by atoms with E-state index in [-0.39, 0.29) is 17.5 Å². The van der Waals surface area contributed by atoms with E-state index in [9.17, 15) is 9.59 Å². The van der Waals surface area contributed by atoms with Gasteiger partial charge in [0.25, 0.3) is 0 Å². The van der Waals surface area contributed by atoms with Crippen LogP contribution >= 0.6 is 0 Å². The summed E-state index contributed by atoms with van der Waals surface area (Å²) in [6, 6.07) is 0. The highest BCUT2D eigenvalue weighted by molar-refractivity contribution is 5.76. The molecule has 0 aromatic carbocycles. The van der Waals surface area contributed by atoms with Crippen LogP contribution in [0.4, 0.5) is 0 Å². The number of likely N-dealkylation sites (tertiary alicyclic amines) is 1. The number of hydrogen-bond acceptors (Lipinski definition) is 3. The number of nitrogens with zero attached hydrogens (tertiary/aromatic N) is 1. The lowest BCUT2D eigenvalue weighted by atomic mass is 9.91. The van der Waals surface area contributed by atoms with Crippen molar-refractivity contribution < 1.29 is 9.59 Å². The van der Waals surface area contributed by atoms with E-state index in [1.807, 2.05) is 13.8 Å². The first-order chi connectivity index (χ1) is 9.99. The number of Topliss-reactive ketones (excluding diaryl/α,β-unsaturated/α-hetero) is 2. The van der Waals surface area contributed by atoms with Crippen molar-refractivity contribution in [3.05, 3.63) is 12.3 Å². The van der Waals surface area contributed by atoms with Crippen LogP contribution in [-0.2, 0) is 9.59 Å². The Morgan fingerprint density at radius 1 is 1.00 bits per heavy atom. The van der Waals surface area contributed by atoms with E-state index in [0.29, 0.717) is 12.8 Å². The van der Waals surface area contributed by atoms with Gasteiger partial charge < -0.3 is 14.5 Å². The maximum atomic E-state index is 11.3. The Morgan fingerprint density at radius 3 is 2.05 bits per heavy atom. The maximum Gasteiger partial charge on any atom is 0.130 e. The van der Waals surface area contributed by atoms with Crippen molar-refractivity contribution in [3.63, 3.8) is 0 Å². The Labute approximate surface area is 130 Å². The molecule has 0 aromatic rings. The normalized spacial score (nSPS) is 15.7. The van der Waals surface area contributed by atoms with Crippen LogP contribution in [0.15, 0.2) is 12.3 Å². The summed E-state index contributed by atoms with van der Waals surface area (Å²) in [5.74, 6) is 0.688. The molecule has 0 N–H and O–H groups in total. The van der Waals surface area contributed by atoms with Crippen LogP contribution in [0.1, 0.15) is 72.6 Å². The van der Waals surface area contributed by atoms with E-state index in [2.05, 4.69) is 11.5 Å². The first-order valence-corrected chi connectivity index (χ1v) is 8.40. The monoisotopic (exact) mass is 295 g/mol. The molecule has 1 aliphatic heterocycles. The van der Waals surface area contributed by atoms with Crippen LogP contribution in [-0.4, -0.2) is 29.6 Å². The van der Waals surface area contributed by atoms with Crippen molar-refractivity contribution in [2.75, 3.05) is 13.1 Å². The third-order valence-corrected chi connectivity index (χ3v) is 3.81. The Bertz CT molecular complexity index is 330. The number of allylic oxidation sites excluding steroid dienone is 1. The molecule has 1 aliphatic rings. The van der Waals surface area contributed by atoms with Gasteiger partial charge in [-0.1, -0.05) is 20.4 Å². The summed E-state index contributed by atoms with van der Waals surface area (Å²) in [7, 11) is 0. The van der Waals surface area contributed by atoms with Gasteiger partial charge in [-0.3, -0.25) is 0 Å². The summed E-state index contributed by atoms with van der Waals surface area (Å²) in [5, 5.41) is 0. The molecule has 1 heterocycles. The fourth-order valence-corrected chi connectivity index (χ4v) is 2.76. The standard InChI is InChI=1S/C16H27NO2.C2H6/c1-13(17-9-5-4-6-10-17)11-16(12-15(3)19)8-7-14(2)18;1-2/h16H,1,4-12H2,2-3H3;1-2H3/t16-;/m1./s1. The van der Waals surface area contributed by atoms with Gasteiger partial charge in [-0.05, 0) is 51.9 Å². The van der Waals surface area contributed by atoms with Gasteiger partial charge in [-0.15, -0.1) is 0 Å². The first-order valence-electron chi connectivity index (χ1n) is 8.40. The third kappa shape index (κ3) is 9.43. The molecule has 1 rings (SSSR count). The molecule has 122 valence electrons. The quantitative estimate of drug-likeness (QED) is 0.667. The van der Waals surface area contributed by atoms with Gasteiger partial charge in [-0.25, -0.2) is 0 Å². The number of ketones is 2. The molecular weight excluding hydrogens is 262 g/mol. The molecule has 21 heavy (non-hydrogen) atoms. The summed E-state index contributed by atoms with van der Waals surface area (Å²) in [5.41, 5.74) is 1.15. The predicted molar refractivity (Wildman–Crippen MR) is 89.2 cm³/mol. The largest absolute Gasteiger partial charge is 0.375 e. The lowest BCUT2D eigenvalue weighted by Gasteiger charge is -2.32. The fraction of sp³-hybridized carbons (Fsp3) is 0.778. The highest BCUT2D eigenvalue weighted by atomic mass is 16.1. The zero-order chi connectivity index (χ0) is 16.3. The first kappa shape index (κ1) is 19.9. The molecule has 0 amide bonds. The van der Waals surface area contributed by atoms with Gasteiger partial charge in [-0.2, -0.15) is 0 Å². The molecule has 0 spiro atoms. The van der Waals surface area contributed by atoms with E-state index < -0.39 is 0 Å². The van der Waals surface area contributed by atoms with Gasteiger partial charge in [0, 0.05) is 31.6 Å². The van der Waals surface area contributed by atoms with Crippen LogP contribution in [0.25, 0.3) is 0 Å². The van der Waals surface area contributed by atoms with Crippen molar-refractivity contribution in [1.29, 1.82) is 0 Å². The third-order valence-electron chi connectivity index (χ3n) is 3.81. The average molecular weight is 295 g/mol. The Balaban J connectivity index is 0.00000191. The number of hydrogen-bond donors (Lipinski definition) is 0. The fourth-order valence-electron chi connectivity index (χ4n) is 2.76. The summed E-state index contributed by atoms with van der Waals surface area (Å²) in [6.45, 7) is 13.6. The average Bonchev–Trinajstić information content (AvgIpc) is 2.47. The molecule has 0 aliphatic carbocycles. The number of rotatable bonds is 8. The van der Waals surface area contributed by atoms with Crippen molar-refractivity contribution in [3.8, 4) is 0 Å². The minimum Gasteiger partial charge on any atom is -0.375 e. The number of carbonyl (C=O) groups is 2. The lowest BCUT2D eigenvalue weighted by molar-refractivity contribution is -0.119. The van der Waals surface area contributed by atoms with E-state index in [1.165, 1.54) is 19.3 Å². The second kappa shape index (κ2) is 11.5. The van der Waals surface area contributed by atoms with Crippen LogP contribution in [0.3, 0.4) is 0 Å². The highest BCUT2D eigenvalue weighted by Crippen LogP contribution is 2.24. The topological polar surface area (TPSA) is 37.4 Å². The zero-order valence-corrected chi connectivity index (χ0v) is 14.4. The molecule has 0 unspecified atom stereocenters. The Kier molecular flexibility index (Phi) is 10.9. The minimum atomic E-state index is 0.206. The molecule has 0 aromatic heterocycles. The smallest absolute Gasteiger partial charge is 0.130 e. The summed E-state index contributed by atoms with van der Waals surface area (Å²) >= 11 is 0. The van der Waals surface area contributed by atoms with E-state index >= 15 is 0 Å². The second-order valence-corrected chi connectivity index (χ2v) is 5.83. The highest BCUT2D eigenvalue weighted by Gasteiger charge is 2.18. The van der Waals surface area contributed by atoms with Crippen molar-refractivity contribution in [2.24, 2.45) is 5.92 Å². The molecule has 1 atom stereocenters. The lowest BCUT2D eigenvalue weighted by Crippen LogP contribution is -2.29. The Hall–Kier alpha value is -1.12. The Morgan fingerprint density at radius 2 is 1.57 bits per heavy atom. The summed E-state index contributed by atoms with van der Waals surface area (Å²) in [4.78, 5) is 24.8. The van der Waals surface area contributed by atoms with Gasteiger partial charge in [0.05, 0.1) is 0 Å². The van der Waals surface area contributed by atoms with Crippen LogP contribution in [0.5, 0.6) is 0 Å². The van der Waals surface area contributed by atoms with Crippen LogP contribution < -0.4 is 0 Å².